The molecule has 1 rings (SSSR count). The maximum atomic E-state index is 13.3. The molecule has 1 amide bonds. The largest absolute Gasteiger partial charge is 0.409 e. The molecule has 0 radical (unpaired) electrons. The third kappa shape index (κ3) is 3.93. The number of carbonyl (C=O) groups excluding carboxylic acids is 1. The third-order valence-electron chi connectivity index (χ3n) is 2.94. The van der Waals surface area contributed by atoms with Crippen molar-refractivity contribution in [3.8, 4) is 0 Å². The molecule has 0 heterocycles. The molecule has 1 aromatic rings. The van der Waals surface area contributed by atoms with Gasteiger partial charge in [-0.05, 0) is 41.1 Å². The highest BCUT2D eigenvalue weighted by molar-refractivity contribution is 9.10. The lowest BCUT2D eigenvalue weighted by atomic mass is 10.1. The van der Waals surface area contributed by atoms with Crippen LogP contribution in [0.3, 0.4) is 0 Å². The topological polar surface area (TPSA) is 78.9 Å². The Hall–Kier alpha value is -1.63. The fraction of sp³-hybridized carbons (Fsp3) is 0.385. The van der Waals surface area contributed by atoms with Crippen molar-refractivity contribution in [3.05, 3.63) is 34.1 Å². The van der Waals surface area contributed by atoms with Crippen LogP contribution in [-0.2, 0) is 0 Å². The molecule has 0 bridgehead atoms. The van der Waals surface area contributed by atoms with E-state index in [9.17, 15) is 9.18 Å². The summed E-state index contributed by atoms with van der Waals surface area (Å²) in [6.07, 6.45) is 0. The van der Waals surface area contributed by atoms with Crippen molar-refractivity contribution in [2.24, 2.45) is 16.8 Å². The van der Waals surface area contributed by atoms with Crippen molar-refractivity contribution >= 4 is 27.7 Å². The smallest absolute Gasteiger partial charge is 0.255 e. The summed E-state index contributed by atoms with van der Waals surface area (Å²) in [6.45, 7) is 4.27. The third-order valence-corrected chi connectivity index (χ3v) is 3.63. The fourth-order valence-electron chi connectivity index (χ4n) is 1.71. The number of halogens is 2. The van der Waals surface area contributed by atoms with Crippen LogP contribution in [0, 0.1) is 11.7 Å². The highest BCUT2D eigenvalue weighted by Crippen LogP contribution is 2.20. The van der Waals surface area contributed by atoms with Gasteiger partial charge < -0.3 is 15.8 Å². The number of amidine groups is 1. The summed E-state index contributed by atoms with van der Waals surface area (Å²) in [5.41, 5.74) is 5.75. The molecule has 0 aliphatic carbocycles. The molecule has 0 saturated carbocycles. The van der Waals surface area contributed by atoms with Crippen molar-refractivity contribution in [2.45, 2.75) is 13.8 Å². The van der Waals surface area contributed by atoms with Gasteiger partial charge in [-0.25, -0.2) is 4.39 Å². The van der Waals surface area contributed by atoms with Gasteiger partial charge in [0.25, 0.3) is 5.91 Å². The van der Waals surface area contributed by atoms with Crippen LogP contribution < -0.4 is 5.73 Å². The Morgan fingerprint density at radius 1 is 1.60 bits per heavy atom. The molecule has 5 nitrogen and oxygen atoms in total. The zero-order valence-electron chi connectivity index (χ0n) is 11.3. The van der Waals surface area contributed by atoms with Gasteiger partial charge in [-0.2, -0.15) is 0 Å². The predicted octanol–water partition coefficient (Wildman–Crippen LogP) is 2.43. The lowest BCUT2D eigenvalue weighted by Crippen LogP contribution is -2.39. The summed E-state index contributed by atoms with van der Waals surface area (Å²) in [5.74, 6) is -1.03. The summed E-state index contributed by atoms with van der Waals surface area (Å²) in [7, 11) is 0. The van der Waals surface area contributed by atoms with E-state index in [-0.39, 0.29) is 29.8 Å². The van der Waals surface area contributed by atoms with Crippen LogP contribution in [0.1, 0.15) is 24.2 Å². The molecule has 110 valence electrons. The van der Waals surface area contributed by atoms with Gasteiger partial charge in [0, 0.05) is 23.5 Å². The highest BCUT2D eigenvalue weighted by atomic mass is 79.9. The van der Waals surface area contributed by atoms with E-state index in [0.717, 1.165) is 0 Å². The number of amides is 1. The predicted molar refractivity (Wildman–Crippen MR) is 78.3 cm³/mol. The molecule has 1 atom stereocenters. The van der Waals surface area contributed by atoms with Crippen LogP contribution in [0.4, 0.5) is 4.39 Å². The Morgan fingerprint density at radius 2 is 2.25 bits per heavy atom. The molecule has 0 spiro atoms. The summed E-state index contributed by atoms with van der Waals surface area (Å²) >= 11 is 3.23. The maximum absolute atomic E-state index is 13.3. The van der Waals surface area contributed by atoms with Gasteiger partial charge in [-0.3, -0.25) is 4.79 Å². The van der Waals surface area contributed by atoms with Gasteiger partial charge in [0.15, 0.2) is 0 Å². The van der Waals surface area contributed by atoms with Gasteiger partial charge in [0.05, 0.1) is 5.56 Å². The van der Waals surface area contributed by atoms with E-state index in [1.165, 1.54) is 23.1 Å². The minimum absolute atomic E-state index is 0.0505. The molecule has 7 heteroatoms. The van der Waals surface area contributed by atoms with Crippen LogP contribution >= 0.6 is 15.9 Å². The maximum Gasteiger partial charge on any atom is 0.255 e. The average molecular weight is 346 g/mol. The quantitative estimate of drug-likeness (QED) is 0.372. The lowest BCUT2D eigenvalue weighted by Gasteiger charge is -2.24. The Balaban J connectivity index is 2.95. The molecule has 0 aliphatic rings. The van der Waals surface area contributed by atoms with Crippen LogP contribution in [-0.4, -0.2) is 34.9 Å². The van der Waals surface area contributed by atoms with Gasteiger partial charge in [-0.1, -0.05) is 12.1 Å². The summed E-state index contributed by atoms with van der Waals surface area (Å²) in [4.78, 5) is 13.9. The van der Waals surface area contributed by atoms with Gasteiger partial charge in [0.1, 0.15) is 11.7 Å². The number of carbonyl (C=O) groups is 1. The SMILES string of the molecule is CCN(CC(C)C(N)=NO)C(=O)c1cc(F)ccc1Br. The van der Waals surface area contributed by atoms with E-state index in [1.807, 2.05) is 6.92 Å². The zero-order valence-corrected chi connectivity index (χ0v) is 12.9. The normalized spacial score (nSPS) is 13.1. The number of hydrogen-bond acceptors (Lipinski definition) is 3. The Kier molecular flexibility index (Phi) is 5.94. The summed E-state index contributed by atoms with van der Waals surface area (Å²) in [6, 6.07) is 3.95. The number of nitrogens with zero attached hydrogens (tertiary/aromatic N) is 2. The number of benzene rings is 1. The van der Waals surface area contributed by atoms with E-state index in [2.05, 4.69) is 21.1 Å². The van der Waals surface area contributed by atoms with E-state index in [4.69, 9.17) is 10.9 Å². The minimum atomic E-state index is -0.475. The first kappa shape index (κ1) is 16.4. The Labute approximate surface area is 125 Å². The van der Waals surface area contributed by atoms with E-state index < -0.39 is 5.82 Å². The van der Waals surface area contributed by atoms with Crippen LogP contribution in [0.5, 0.6) is 0 Å². The highest BCUT2D eigenvalue weighted by Gasteiger charge is 2.21. The summed E-state index contributed by atoms with van der Waals surface area (Å²) < 4.78 is 13.8. The average Bonchev–Trinajstić information content (AvgIpc) is 2.45. The van der Waals surface area contributed by atoms with Crippen molar-refractivity contribution in [2.75, 3.05) is 13.1 Å². The fourth-order valence-corrected chi connectivity index (χ4v) is 2.13. The van der Waals surface area contributed by atoms with Crippen LogP contribution in [0.2, 0.25) is 0 Å². The lowest BCUT2D eigenvalue weighted by molar-refractivity contribution is 0.0752. The number of nitrogens with two attached hydrogens (primary N) is 1. The zero-order chi connectivity index (χ0) is 15.3. The number of oxime groups is 1. The molecule has 1 unspecified atom stereocenters. The molecule has 1 aromatic carbocycles. The van der Waals surface area contributed by atoms with E-state index in [1.54, 1.807) is 6.92 Å². The molecule has 0 fully saturated rings. The first-order valence-electron chi connectivity index (χ1n) is 6.12. The molecule has 3 N–H and O–H groups in total. The van der Waals surface area contributed by atoms with Crippen LogP contribution in [0.15, 0.2) is 27.8 Å². The molecule has 0 aliphatic heterocycles. The molecule has 0 aromatic heterocycles. The second kappa shape index (κ2) is 7.23. The first-order valence-corrected chi connectivity index (χ1v) is 6.91. The van der Waals surface area contributed by atoms with Gasteiger partial charge in [-0.15, -0.1) is 0 Å². The number of rotatable bonds is 5. The van der Waals surface area contributed by atoms with Crippen molar-refractivity contribution in [1.82, 2.24) is 4.90 Å². The van der Waals surface area contributed by atoms with Gasteiger partial charge in [0.2, 0.25) is 0 Å². The standard InChI is InChI=1S/C13H17BrFN3O2/c1-3-18(7-8(2)12(16)17-20)13(19)10-6-9(15)4-5-11(10)14/h4-6,8,20H,3,7H2,1-2H3,(H2,16,17). The van der Waals surface area contributed by atoms with Crippen LogP contribution in [0.25, 0.3) is 0 Å². The van der Waals surface area contributed by atoms with E-state index >= 15 is 0 Å². The Morgan fingerprint density at radius 3 is 2.80 bits per heavy atom. The second-order valence-electron chi connectivity index (χ2n) is 4.39. The minimum Gasteiger partial charge on any atom is -0.409 e. The number of hydrogen-bond donors (Lipinski definition) is 2. The van der Waals surface area contributed by atoms with Crippen molar-refractivity contribution < 1.29 is 14.4 Å². The first-order chi connectivity index (χ1) is 9.40. The van der Waals surface area contributed by atoms with Crippen molar-refractivity contribution in [3.63, 3.8) is 0 Å². The molecular weight excluding hydrogens is 329 g/mol. The summed E-state index contributed by atoms with van der Waals surface area (Å²) in [5, 5.41) is 11.6. The van der Waals surface area contributed by atoms with Crippen molar-refractivity contribution in [1.29, 1.82) is 0 Å². The van der Waals surface area contributed by atoms with Gasteiger partial charge >= 0.3 is 0 Å². The van der Waals surface area contributed by atoms with E-state index in [0.29, 0.717) is 11.0 Å². The molecule has 20 heavy (non-hydrogen) atoms. The molecule has 0 saturated heterocycles. The monoisotopic (exact) mass is 345 g/mol. The Bertz CT molecular complexity index is 522. The second-order valence-corrected chi connectivity index (χ2v) is 5.25. The molecular formula is C13H17BrFN3O2.